The minimum absolute atomic E-state index is 0.103. The average Bonchev–Trinajstić information content (AvgIpc) is 2.72. The molecule has 106 valence electrons. The highest BCUT2D eigenvalue weighted by Gasteiger charge is 2.55. The first-order chi connectivity index (χ1) is 8.67. The summed E-state index contributed by atoms with van der Waals surface area (Å²) in [4.78, 5) is 11.1. The van der Waals surface area contributed by atoms with Gasteiger partial charge in [-0.1, -0.05) is 13.8 Å². The minimum atomic E-state index is -3.25. The Labute approximate surface area is 107 Å². The normalized spacial score (nSPS) is 24.8. The van der Waals surface area contributed by atoms with Gasteiger partial charge in [-0.15, -0.1) is 0 Å². The fraction of sp³-hybridized carbons (Fsp3) is 0.667. The highest BCUT2D eigenvalue weighted by Crippen LogP contribution is 2.54. The van der Waals surface area contributed by atoms with Gasteiger partial charge in [0.15, 0.2) is 5.78 Å². The van der Waals surface area contributed by atoms with Gasteiger partial charge in [0.2, 0.25) is 0 Å². The molecule has 0 fully saturated rings. The third-order valence-electron chi connectivity index (χ3n) is 3.69. The maximum atomic E-state index is 14.2. The number of aromatic nitrogens is 2. The van der Waals surface area contributed by atoms with Crippen molar-refractivity contribution in [1.82, 2.24) is 9.78 Å². The summed E-state index contributed by atoms with van der Waals surface area (Å²) in [5.74, 6) is -5.45. The third kappa shape index (κ3) is 1.95. The average molecular weight is 278 g/mol. The second-order valence-corrected chi connectivity index (χ2v) is 5.01. The van der Waals surface area contributed by atoms with Gasteiger partial charge in [-0.25, -0.2) is 8.78 Å². The maximum Gasteiger partial charge on any atom is 0.292 e. The number of hydrogen-bond acceptors (Lipinski definition) is 2. The van der Waals surface area contributed by atoms with E-state index in [0.717, 1.165) is 4.68 Å². The van der Waals surface area contributed by atoms with Crippen molar-refractivity contribution in [2.24, 2.45) is 5.92 Å². The Hall–Kier alpha value is -1.40. The third-order valence-corrected chi connectivity index (χ3v) is 3.69. The molecule has 0 spiro atoms. The number of alkyl halides is 4. The summed E-state index contributed by atoms with van der Waals surface area (Å²) in [6.07, 6.45) is -2.93. The topological polar surface area (TPSA) is 34.9 Å². The second kappa shape index (κ2) is 4.31. The Bertz CT molecular complexity index is 524. The molecule has 1 aliphatic rings. The van der Waals surface area contributed by atoms with Gasteiger partial charge in [0.1, 0.15) is 11.4 Å². The van der Waals surface area contributed by atoms with Crippen LogP contribution in [0.2, 0.25) is 0 Å². The summed E-state index contributed by atoms with van der Waals surface area (Å²) in [5.41, 5.74) is -1.26. The highest BCUT2D eigenvalue weighted by molar-refractivity contribution is 5.75. The van der Waals surface area contributed by atoms with Crippen molar-refractivity contribution >= 4 is 5.78 Å². The molecule has 0 saturated carbocycles. The van der Waals surface area contributed by atoms with E-state index in [-0.39, 0.29) is 5.56 Å². The van der Waals surface area contributed by atoms with Crippen LogP contribution in [0.5, 0.6) is 0 Å². The Morgan fingerprint density at radius 1 is 1.42 bits per heavy atom. The Morgan fingerprint density at radius 2 is 2.00 bits per heavy atom. The SMILES string of the molecule is CC(=O)Cn1nc(C(F)F)c2c1C(F)(F)C(C)C2C. The Morgan fingerprint density at radius 3 is 2.47 bits per heavy atom. The van der Waals surface area contributed by atoms with Crippen LogP contribution in [0.1, 0.15) is 50.1 Å². The van der Waals surface area contributed by atoms with Crippen molar-refractivity contribution in [3.63, 3.8) is 0 Å². The second-order valence-electron chi connectivity index (χ2n) is 5.01. The summed E-state index contributed by atoms with van der Waals surface area (Å²) < 4.78 is 54.9. The first-order valence-corrected chi connectivity index (χ1v) is 5.94. The molecule has 0 amide bonds. The summed E-state index contributed by atoms with van der Waals surface area (Å²) in [6, 6.07) is 0. The number of halogens is 4. The molecule has 3 nitrogen and oxygen atoms in total. The lowest BCUT2D eigenvalue weighted by atomic mass is 9.94. The van der Waals surface area contributed by atoms with Crippen LogP contribution in [0, 0.1) is 5.92 Å². The lowest BCUT2D eigenvalue weighted by Crippen LogP contribution is -2.25. The van der Waals surface area contributed by atoms with Crippen LogP contribution < -0.4 is 0 Å². The van der Waals surface area contributed by atoms with E-state index in [1.807, 2.05) is 0 Å². The molecule has 0 saturated heterocycles. The molecule has 7 heteroatoms. The summed E-state index contributed by atoms with van der Waals surface area (Å²) in [5, 5.41) is 3.52. The number of hydrogen-bond donors (Lipinski definition) is 0. The lowest BCUT2D eigenvalue weighted by Gasteiger charge is -2.20. The molecule has 1 aliphatic carbocycles. The molecular formula is C12H14F4N2O. The Balaban J connectivity index is 2.66. The van der Waals surface area contributed by atoms with E-state index in [2.05, 4.69) is 5.10 Å². The molecule has 19 heavy (non-hydrogen) atoms. The molecule has 0 bridgehead atoms. The lowest BCUT2D eigenvalue weighted by molar-refractivity contribution is -0.118. The molecule has 2 rings (SSSR count). The first-order valence-electron chi connectivity index (χ1n) is 5.94. The summed E-state index contributed by atoms with van der Waals surface area (Å²) in [7, 11) is 0. The van der Waals surface area contributed by atoms with Crippen molar-refractivity contribution in [2.45, 2.75) is 45.6 Å². The number of carbonyl (C=O) groups is 1. The number of rotatable bonds is 3. The first kappa shape index (κ1) is 14.0. The molecule has 0 N–H and O–H groups in total. The molecule has 1 aromatic rings. The van der Waals surface area contributed by atoms with Gasteiger partial charge in [0.25, 0.3) is 12.3 Å². The van der Waals surface area contributed by atoms with Crippen LogP contribution in [-0.2, 0) is 17.3 Å². The number of fused-ring (bicyclic) bond motifs is 1. The number of ketones is 1. The number of Topliss-reactive ketones (excluding diaryl/α,β-unsaturated/α-hetero) is 1. The van der Waals surface area contributed by atoms with Crippen molar-refractivity contribution < 1.29 is 22.4 Å². The van der Waals surface area contributed by atoms with E-state index < -0.39 is 47.9 Å². The Kier molecular flexibility index (Phi) is 3.18. The smallest absolute Gasteiger partial charge is 0.292 e. The van der Waals surface area contributed by atoms with Gasteiger partial charge in [-0.2, -0.15) is 13.9 Å². The van der Waals surface area contributed by atoms with Crippen LogP contribution in [0.4, 0.5) is 17.6 Å². The maximum absolute atomic E-state index is 14.2. The summed E-state index contributed by atoms with van der Waals surface area (Å²) >= 11 is 0. The molecule has 0 radical (unpaired) electrons. The van der Waals surface area contributed by atoms with Crippen LogP contribution in [0.15, 0.2) is 0 Å². The quantitative estimate of drug-likeness (QED) is 0.795. The fourth-order valence-electron chi connectivity index (χ4n) is 2.56. The highest BCUT2D eigenvalue weighted by atomic mass is 19.3. The van der Waals surface area contributed by atoms with Crippen molar-refractivity contribution in [3.8, 4) is 0 Å². The predicted octanol–water partition coefficient (Wildman–Crippen LogP) is 3.25. The molecule has 1 aromatic heterocycles. The van der Waals surface area contributed by atoms with E-state index in [4.69, 9.17) is 0 Å². The number of nitrogens with zero attached hydrogens (tertiary/aromatic N) is 2. The molecule has 2 unspecified atom stereocenters. The van der Waals surface area contributed by atoms with E-state index in [1.54, 1.807) is 0 Å². The zero-order chi connectivity index (χ0) is 14.5. The van der Waals surface area contributed by atoms with E-state index in [0.29, 0.717) is 0 Å². The van der Waals surface area contributed by atoms with Gasteiger partial charge in [-0.3, -0.25) is 9.48 Å². The molecule has 0 aliphatic heterocycles. The van der Waals surface area contributed by atoms with Crippen LogP contribution in [0.3, 0.4) is 0 Å². The standard InChI is InChI=1S/C12H14F4N2O/c1-5(19)4-18-10-8(9(17-18)11(13)14)6(2)7(3)12(10,15)16/h6-7,11H,4H2,1-3H3. The molecule has 0 aromatic carbocycles. The fourth-order valence-corrected chi connectivity index (χ4v) is 2.56. The zero-order valence-corrected chi connectivity index (χ0v) is 10.8. The summed E-state index contributed by atoms with van der Waals surface area (Å²) in [6.45, 7) is 3.59. The van der Waals surface area contributed by atoms with Crippen molar-refractivity contribution in [2.75, 3.05) is 0 Å². The molecular weight excluding hydrogens is 264 g/mol. The molecule has 1 heterocycles. The van der Waals surface area contributed by atoms with Gasteiger partial charge in [0, 0.05) is 11.5 Å². The predicted molar refractivity (Wildman–Crippen MR) is 59.3 cm³/mol. The van der Waals surface area contributed by atoms with Crippen LogP contribution >= 0.6 is 0 Å². The largest absolute Gasteiger partial charge is 0.298 e. The van der Waals surface area contributed by atoms with Crippen LogP contribution in [0.25, 0.3) is 0 Å². The number of carbonyl (C=O) groups excluding carboxylic acids is 1. The van der Waals surface area contributed by atoms with Crippen molar-refractivity contribution in [1.29, 1.82) is 0 Å². The minimum Gasteiger partial charge on any atom is -0.298 e. The van der Waals surface area contributed by atoms with E-state index in [9.17, 15) is 22.4 Å². The van der Waals surface area contributed by atoms with E-state index >= 15 is 0 Å². The van der Waals surface area contributed by atoms with Gasteiger partial charge < -0.3 is 0 Å². The van der Waals surface area contributed by atoms with Gasteiger partial charge >= 0.3 is 0 Å². The van der Waals surface area contributed by atoms with Gasteiger partial charge in [-0.05, 0) is 12.8 Å². The van der Waals surface area contributed by atoms with Crippen molar-refractivity contribution in [3.05, 3.63) is 17.0 Å². The molecule has 2 atom stereocenters. The van der Waals surface area contributed by atoms with E-state index in [1.165, 1.54) is 20.8 Å². The van der Waals surface area contributed by atoms with Crippen LogP contribution in [-0.4, -0.2) is 15.6 Å². The zero-order valence-electron chi connectivity index (χ0n) is 10.8. The monoisotopic (exact) mass is 278 g/mol. The van der Waals surface area contributed by atoms with Gasteiger partial charge in [0.05, 0.1) is 6.54 Å².